The van der Waals surface area contributed by atoms with E-state index in [4.69, 9.17) is 4.55 Å². The summed E-state index contributed by atoms with van der Waals surface area (Å²) in [7, 11) is -4.93. The summed E-state index contributed by atoms with van der Waals surface area (Å²) in [6.45, 7) is 1.15. The summed E-state index contributed by atoms with van der Waals surface area (Å²) in [5.74, 6) is -3.12. The average molecular weight is 408 g/mol. The van der Waals surface area contributed by atoms with Gasteiger partial charge in [-0.05, 0) is 6.92 Å². The molecule has 0 aliphatic heterocycles. The second kappa shape index (κ2) is 5.41. The van der Waals surface area contributed by atoms with Gasteiger partial charge in [-0.1, -0.05) is 31.9 Å². The lowest BCUT2D eigenvalue weighted by atomic mass is 10.4. The molecule has 0 radical (unpaired) electrons. The highest BCUT2D eigenvalue weighted by atomic mass is 79.9. The highest BCUT2D eigenvalue weighted by molar-refractivity contribution is 9.25. The SMILES string of the molecule is CC(Br)(Br)C(=O)OC(CS(=O)(=O)O)C(F)(F)F. The van der Waals surface area contributed by atoms with Crippen molar-refractivity contribution in [2.75, 3.05) is 5.75 Å². The highest BCUT2D eigenvalue weighted by Crippen LogP contribution is 2.30. The van der Waals surface area contributed by atoms with E-state index in [1.54, 1.807) is 0 Å². The van der Waals surface area contributed by atoms with Gasteiger partial charge in [0.1, 0.15) is 5.75 Å². The van der Waals surface area contributed by atoms with Gasteiger partial charge in [0.2, 0.25) is 6.10 Å². The van der Waals surface area contributed by atoms with E-state index in [0.717, 1.165) is 6.92 Å². The first kappa shape index (κ1) is 17.1. The molecule has 0 aliphatic carbocycles. The van der Waals surface area contributed by atoms with Crippen LogP contribution in [0, 0.1) is 0 Å². The highest BCUT2D eigenvalue weighted by Gasteiger charge is 2.47. The van der Waals surface area contributed by atoms with Crippen LogP contribution in [-0.4, -0.2) is 40.2 Å². The van der Waals surface area contributed by atoms with Crippen LogP contribution >= 0.6 is 31.9 Å². The lowest BCUT2D eigenvalue weighted by molar-refractivity contribution is -0.215. The predicted octanol–water partition coefficient (Wildman–Crippen LogP) is 1.85. The number of carbonyl (C=O) groups excluding carboxylic acids is 1. The first-order valence-corrected chi connectivity index (χ1v) is 7.04. The topological polar surface area (TPSA) is 80.7 Å². The zero-order valence-corrected chi connectivity index (χ0v) is 12.2. The molecule has 0 amide bonds. The molecule has 0 aromatic rings. The Balaban J connectivity index is 4.94. The van der Waals surface area contributed by atoms with Crippen molar-refractivity contribution in [2.24, 2.45) is 0 Å². The van der Waals surface area contributed by atoms with Gasteiger partial charge in [-0.25, -0.2) is 4.79 Å². The zero-order valence-electron chi connectivity index (χ0n) is 8.16. The number of esters is 1. The van der Waals surface area contributed by atoms with Gasteiger partial charge in [0.25, 0.3) is 10.1 Å². The zero-order chi connectivity index (χ0) is 14.1. The lowest BCUT2D eigenvalue weighted by Crippen LogP contribution is -2.42. The van der Waals surface area contributed by atoms with Gasteiger partial charge >= 0.3 is 12.1 Å². The number of rotatable bonds is 4. The van der Waals surface area contributed by atoms with Gasteiger partial charge in [0.15, 0.2) is 3.23 Å². The fraction of sp³-hybridized carbons (Fsp3) is 0.833. The van der Waals surface area contributed by atoms with E-state index in [-0.39, 0.29) is 0 Å². The molecule has 0 aromatic heterocycles. The van der Waals surface area contributed by atoms with E-state index in [0.29, 0.717) is 0 Å². The van der Waals surface area contributed by atoms with Crippen molar-refractivity contribution in [3.8, 4) is 0 Å². The smallest absolute Gasteiger partial charge is 0.426 e. The lowest BCUT2D eigenvalue weighted by Gasteiger charge is -2.22. The molecule has 0 saturated heterocycles. The summed E-state index contributed by atoms with van der Waals surface area (Å²) in [6, 6.07) is 0. The first-order chi connectivity index (χ1) is 7.23. The Labute approximate surface area is 112 Å². The number of carbonyl (C=O) groups is 1. The Morgan fingerprint density at radius 3 is 2.06 bits per heavy atom. The van der Waals surface area contributed by atoms with Crippen LogP contribution in [0.3, 0.4) is 0 Å². The molecule has 0 saturated carbocycles. The van der Waals surface area contributed by atoms with Crippen molar-refractivity contribution >= 4 is 47.9 Å². The van der Waals surface area contributed by atoms with E-state index in [9.17, 15) is 26.4 Å². The number of alkyl halides is 5. The second-order valence-electron chi connectivity index (χ2n) is 3.07. The summed E-state index contributed by atoms with van der Waals surface area (Å²) >= 11 is 5.36. The molecule has 5 nitrogen and oxygen atoms in total. The second-order valence-corrected chi connectivity index (χ2v) is 8.81. The fourth-order valence-corrected chi connectivity index (χ4v) is 1.45. The van der Waals surface area contributed by atoms with Gasteiger partial charge in [0, 0.05) is 0 Å². The molecule has 1 N–H and O–H groups in total. The van der Waals surface area contributed by atoms with Gasteiger partial charge < -0.3 is 4.74 Å². The molecule has 1 atom stereocenters. The van der Waals surface area contributed by atoms with Crippen molar-refractivity contribution < 1.29 is 35.7 Å². The van der Waals surface area contributed by atoms with E-state index >= 15 is 0 Å². The van der Waals surface area contributed by atoms with Crippen LogP contribution in [0.4, 0.5) is 13.2 Å². The molecule has 1 unspecified atom stereocenters. The molecule has 0 heterocycles. The molecule has 0 fully saturated rings. The molecular weight excluding hydrogens is 401 g/mol. The van der Waals surface area contributed by atoms with Gasteiger partial charge in [-0.3, -0.25) is 4.55 Å². The quantitative estimate of drug-likeness (QED) is 0.437. The standard InChI is InChI=1S/C6H7Br2F3O5S/c1-5(7,8)4(12)16-3(6(9,10)11)2-17(13,14)15/h3H,2H2,1H3,(H,13,14,15). The maximum atomic E-state index is 12.3. The van der Waals surface area contributed by atoms with E-state index in [1.165, 1.54) is 0 Å². The summed E-state index contributed by atoms with van der Waals surface area (Å²) < 4.78 is 68.4. The Kier molecular flexibility index (Phi) is 5.45. The van der Waals surface area contributed by atoms with Crippen LogP contribution in [0.5, 0.6) is 0 Å². The van der Waals surface area contributed by atoms with Gasteiger partial charge in [0.05, 0.1) is 0 Å². The number of halogens is 5. The number of ether oxygens (including phenoxy) is 1. The van der Waals surface area contributed by atoms with Crippen LogP contribution in [0.1, 0.15) is 6.92 Å². The van der Waals surface area contributed by atoms with Crippen molar-refractivity contribution in [3.63, 3.8) is 0 Å². The normalized spacial score (nSPS) is 15.5. The maximum Gasteiger partial charge on any atom is 0.426 e. The molecule has 11 heteroatoms. The predicted molar refractivity (Wildman–Crippen MR) is 58.6 cm³/mol. The Morgan fingerprint density at radius 2 is 1.82 bits per heavy atom. The molecule has 0 rings (SSSR count). The summed E-state index contributed by atoms with van der Waals surface area (Å²) in [5, 5.41) is 0. The third-order valence-corrected chi connectivity index (χ3v) is 2.71. The Bertz CT molecular complexity index is 385. The Hall–Kier alpha value is 0.130. The largest absolute Gasteiger partial charge is 0.450 e. The van der Waals surface area contributed by atoms with E-state index in [2.05, 4.69) is 36.6 Å². The van der Waals surface area contributed by atoms with Gasteiger partial charge in [-0.15, -0.1) is 0 Å². The van der Waals surface area contributed by atoms with E-state index in [1.807, 2.05) is 0 Å². The fourth-order valence-electron chi connectivity index (χ4n) is 0.619. The Morgan fingerprint density at radius 1 is 1.41 bits per heavy atom. The van der Waals surface area contributed by atoms with Gasteiger partial charge in [-0.2, -0.15) is 21.6 Å². The first-order valence-electron chi connectivity index (χ1n) is 3.84. The van der Waals surface area contributed by atoms with Crippen molar-refractivity contribution in [2.45, 2.75) is 22.4 Å². The number of hydrogen-bond donors (Lipinski definition) is 1. The molecule has 17 heavy (non-hydrogen) atoms. The maximum absolute atomic E-state index is 12.3. The van der Waals surface area contributed by atoms with Crippen molar-refractivity contribution in [3.05, 3.63) is 0 Å². The molecular formula is C6H7Br2F3O5S. The molecule has 0 aliphatic rings. The molecule has 0 bridgehead atoms. The minimum Gasteiger partial charge on any atom is -0.450 e. The minimum atomic E-state index is -5.10. The van der Waals surface area contributed by atoms with Crippen LogP contribution in [0.2, 0.25) is 0 Å². The minimum absolute atomic E-state index is 1.15. The van der Waals surface area contributed by atoms with Crippen LogP contribution in [0.25, 0.3) is 0 Å². The summed E-state index contributed by atoms with van der Waals surface area (Å²) in [5.41, 5.74) is 0. The van der Waals surface area contributed by atoms with Crippen molar-refractivity contribution in [1.82, 2.24) is 0 Å². The molecule has 0 spiro atoms. The average Bonchev–Trinajstić information content (AvgIpc) is 1.96. The number of hydrogen-bond acceptors (Lipinski definition) is 4. The summed E-state index contributed by atoms with van der Waals surface area (Å²) in [6.07, 6.45) is -8.03. The summed E-state index contributed by atoms with van der Waals surface area (Å²) in [4.78, 5) is 11.1. The van der Waals surface area contributed by atoms with Crippen molar-refractivity contribution in [1.29, 1.82) is 0 Å². The third kappa shape index (κ3) is 7.21. The van der Waals surface area contributed by atoms with Crippen LogP contribution in [0.15, 0.2) is 0 Å². The monoisotopic (exact) mass is 406 g/mol. The van der Waals surface area contributed by atoms with Crippen LogP contribution < -0.4 is 0 Å². The van der Waals surface area contributed by atoms with E-state index < -0.39 is 37.4 Å². The molecule has 0 aromatic carbocycles. The van der Waals surface area contributed by atoms with Crippen LogP contribution in [-0.2, 0) is 19.6 Å². The third-order valence-electron chi connectivity index (χ3n) is 1.33. The molecule has 102 valence electrons.